The van der Waals surface area contributed by atoms with Gasteiger partial charge in [-0.1, -0.05) is 31.5 Å². The first-order valence-corrected chi connectivity index (χ1v) is 7.32. The highest BCUT2D eigenvalue weighted by molar-refractivity contribution is 5.76. The molecular formula is C16H25FN2O. The van der Waals surface area contributed by atoms with Crippen molar-refractivity contribution in [2.24, 2.45) is 11.7 Å². The van der Waals surface area contributed by atoms with Gasteiger partial charge in [0.1, 0.15) is 5.82 Å². The lowest BCUT2D eigenvalue weighted by molar-refractivity contribution is -0.122. The average molecular weight is 280 g/mol. The van der Waals surface area contributed by atoms with E-state index in [0.29, 0.717) is 24.4 Å². The van der Waals surface area contributed by atoms with Crippen LogP contribution in [-0.4, -0.2) is 12.5 Å². The molecule has 1 aromatic rings. The third kappa shape index (κ3) is 5.29. The van der Waals surface area contributed by atoms with Crippen LogP contribution in [0.1, 0.15) is 51.1 Å². The van der Waals surface area contributed by atoms with E-state index in [-0.39, 0.29) is 17.8 Å². The Bertz CT molecular complexity index is 423. The molecule has 3 nitrogen and oxygen atoms in total. The monoisotopic (exact) mass is 280 g/mol. The fraction of sp³-hybridized carbons (Fsp3) is 0.562. The molecule has 3 N–H and O–H groups in total. The Labute approximate surface area is 120 Å². The Kier molecular flexibility index (Phi) is 7.23. The molecule has 0 saturated carbocycles. The predicted molar refractivity (Wildman–Crippen MR) is 79.6 cm³/mol. The van der Waals surface area contributed by atoms with Gasteiger partial charge in [-0.05, 0) is 38.3 Å². The van der Waals surface area contributed by atoms with E-state index in [1.165, 1.54) is 6.07 Å². The van der Waals surface area contributed by atoms with E-state index in [4.69, 9.17) is 5.73 Å². The van der Waals surface area contributed by atoms with E-state index in [2.05, 4.69) is 12.2 Å². The first-order valence-electron chi connectivity index (χ1n) is 7.32. The van der Waals surface area contributed by atoms with Crippen LogP contribution in [0.4, 0.5) is 4.39 Å². The number of nitrogens with one attached hydrogen (secondary N) is 1. The van der Waals surface area contributed by atoms with Gasteiger partial charge >= 0.3 is 0 Å². The second kappa shape index (κ2) is 8.69. The van der Waals surface area contributed by atoms with Crippen LogP contribution in [0.25, 0.3) is 0 Å². The van der Waals surface area contributed by atoms with Crippen LogP contribution in [0.5, 0.6) is 0 Å². The first-order chi connectivity index (χ1) is 9.58. The molecule has 20 heavy (non-hydrogen) atoms. The van der Waals surface area contributed by atoms with Crippen molar-refractivity contribution < 1.29 is 9.18 Å². The molecule has 0 bridgehead atoms. The zero-order chi connectivity index (χ0) is 15.0. The predicted octanol–water partition coefficient (Wildman–Crippen LogP) is 3.16. The van der Waals surface area contributed by atoms with Crippen molar-refractivity contribution in [2.45, 2.75) is 45.6 Å². The van der Waals surface area contributed by atoms with Gasteiger partial charge in [0.15, 0.2) is 0 Å². The number of nitrogens with two attached hydrogens (primary N) is 1. The van der Waals surface area contributed by atoms with Crippen molar-refractivity contribution >= 4 is 5.91 Å². The maximum Gasteiger partial charge on any atom is 0.220 e. The Balaban J connectivity index is 2.44. The SMILES string of the molecule is CCC(CCN)CCC(=O)N[C@H](C)c1ccccc1F. The van der Waals surface area contributed by atoms with E-state index >= 15 is 0 Å². The van der Waals surface area contributed by atoms with Crippen molar-refractivity contribution in [2.75, 3.05) is 6.54 Å². The molecule has 112 valence electrons. The lowest BCUT2D eigenvalue weighted by atomic mass is 9.96. The molecule has 0 fully saturated rings. The minimum atomic E-state index is -0.307. The molecule has 0 aliphatic carbocycles. The maximum atomic E-state index is 13.6. The van der Waals surface area contributed by atoms with Crippen LogP contribution >= 0.6 is 0 Å². The summed E-state index contributed by atoms with van der Waals surface area (Å²) in [6, 6.07) is 6.22. The molecule has 1 unspecified atom stereocenters. The van der Waals surface area contributed by atoms with Crippen LogP contribution in [0.15, 0.2) is 24.3 Å². The summed E-state index contributed by atoms with van der Waals surface area (Å²) >= 11 is 0. The smallest absolute Gasteiger partial charge is 0.220 e. The fourth-order valence-corrected chi connectivity index (χ4v) is 2.34. The molecule has 0 aliphatic heterocycles. The lowest BCUT2D eigenvalue weighted by Gasteiger charge is -2.17. The summed E-state index contributed by atoms with van der Waals surface area (Å²) in [5.74, 6) is 0.181. The standard InChI is InChI=1S/C16H25FN2O/c1-3-13(10-11-18)8-9-16(20)19-12(2)14-6-4-5-7-15(14)17/h4-7,12-13H,3,8-11,18H2,1-2H3,(H,19,20)/t12-,13?/m1/s1. The topological polar surface area (TPSA) is 55.1 Å². The van der Waals surface area contributed by atoms with Gasteiger partial charge in [0.2, 0.25) is 5.91 Å². The van der Waals surface area contributed by atoms with Crippen molar-refractivity contribution in [3.8, 4) is 0 Å². The zero-order valence-corrected chi connectivity index (χ0v) is 12.4. The van der Waals surface area contributed by atoms with E-state index in [1.54, 1.807) is 25.1 Å². The van der Waals surface area contributed by atoms with Crippen LogP contribution in [0.2, 0.25) is 0 Å². The average Bonchev–Trinajstić information content (AvgIpc) is 2.43. The summed E-state index contributed by atoms with van der Waals surface area (Å²) in [4.78, 5) is 11.9. The number of rotatable bonds is 8. The molecule has 0 radical (unpaired) electrons. The Morgan fingerprint density at radius 2 is 2.05 bits per heavy atom. The van der Waals surface area contributed by atoms with Crippen LogP contribution in [-0.2, 0) is 4.79 Å². The number of benzene rings is 1. The van der Waals surface area contributed by atoms with Gasteiger partial charge in [0.25, 0.3) is 0 Å². The molecule has 4 heteroatoms. The maximum absolute atomic E-state index is 13.6. The molecular weight excluding hydrogens is 255 g/mol. The fourth-order valence-electron chi connectivity index (χ4n) is 2.34. The van der Waals surface area contributed by atoms with E-state index in [1.807, 2.05) is 0 Å². The van der Waals surface area contributed by atoms with Crippen molar-refractivity contribution in [1.82, 2.24) is 5.32 Å². The van der Waals surface area contributed by atoms with Gasteiger partial charge in [-0.3, -0.25) is 4.79 Å². The quantitative estimate of drug-likeness (QED) is 0.768. The number of hydrogen-bond acceptors (Lipinski definition) is 2. The summed E-state index contributed by atoms with van der Waals surface area (Å²) in [6.45, 7) is 4.57. The van der Waals surface area contributed by atoms with Gasteiger partial charge in [-0.25, -0.2) is 4.39 Å². The minimum Gasteiger partial charge on any atom is -0.349 e. The van der Waals surface area contributed by atoms with E-state index in [9.17, 15) is 9.18 Å². The molecule has 0 heterocycles. The summed E-state index contributed by atoms with van der Waals surface area (Å²) in [5.41, 5.74) is 6.07. The molecule has 1 amide bonds. The van der Waals surface area contributed by atoms with Crippen molar-refractivity contribution in [3.63, 3.8) is 0 Å². The second-order valence-corrected chi connectivity index (χ2v) is 5.20. The number of amides is 1. The van der Waals surface area contributed by atoms with Crippen LogP contribution in [0, 0.1) is 11.7 Å². The Morgan fingerprint density at radius 1 is 1.35 bits per heavy atom. The summed E-state index contributed by atoms with van der Waals surface area (Å²) in [5, 5.41) is 2.85. The first kappa shape index (κ1) is 16.6. The van der Waals surface area contributed by atoms with Crippen molar-refractivity contribution in [3.05, 3.63) is 35.6 Å². The highest BCUT2D eigenvalue weighted by atomic mass is 19.1. The van der Waals surface area contributed by atoms with Crippen LogP contribution < -0.4 is 11.1 Å². The zero-order valence-electron chi connectivity index (χ0n) is 12.4. The Morgan fingerprint density at radius 3 is 2.65 bits per heavy atom. The molecule has 0 spiro atoms. The summed E-state index contributed by atoms with van der Waals surface area (Å²) in [6.07, 6.45) is 3.29. The highest BCUT2D eigenvalue weighted by Crippen LogP contribution is 2.18. The summed E-state index contributed by atoms with van der Waals surface area (Å²) < 4.78 is 13.6. The summed E-state index contributed by atoms with van der Waals surface area (Å²) in [7, 11) is 0. The third-order valence-corrected chi connectivity index (χ3v) is 3.68. The lowest BCUT2D eigenvalue weighted by Crippen LogP contribution is -2.27. The van der Waals surface area contributed by atoms with Gasteiger partial charge in [0.05, 0.1) is 6.04 Å². The molecule has 2 atom stereocenters. The molecule has 0 saturated heterocycles. The number of halogens is 1. The van der Waals surface area contributed by atoms with Gasteiger partial charge < -0.3 is 11.1 Å². The van der Waals surface area contributed by atoms with E-state index in [0.717, 1.165) is 19.3 Å². The number of carbonyl (C=O) groups excluding carboxylic acids is 1. The normalized spacial score (nSPS) is 13.8. The molecule has 1 rings (SSSR count). The molecule has 1 aromatic carbocycles. The van der Waals surface area contributed by atoms with Gasteiger partial charge in [-0.2, -0.15) is 0 Å². The third-order valence-electron chi connectivity index (χ3n) is 3.68. The Hall–Kier alpha value is -1.42. The second-order valence-electron chi connectivity index (χ2n) is 5.20. The largest absolute Gasteiger partial charge is 0.349 e. The van der Waals surface area contributed by atoms with Crippen molar-refractivity contribution in [1.29, 1.82) is 0 Å². The highest BCUT2D eigenvalue weighted by Gasteiger charge is 2.14. The number of hydrogen-bond donors (Lipinski definition) is 2. The van der Waals surface area contributed by atoms with E-state index < -0.39 is 0 Å². The van der Waals surface area contributed by atoms with Gasteiger partial charge in [0, 0.05) is 12.0 Å². The van der Waals surface area contributed by atoms with Crippen LogP contribution in [0.3, 0.4) is 0 Å². The molecule has 0 aliphatic rings. The van der Waals surface area contributed by atoms with Gasteiger partial charge in [-0.15, -0.1) is 0 Å². The minimum absolute atomic E-state index is 0.0313. The molecule has 0 aromatic heterocycles. The number of carbonyl (C=O) groups is 1.